The summed E-state index contributed by atoms with van der Waals surface area (Å²) >= 11 is 12.6. The van der Waals surface area contributed by atoms with Crippen molar-refractivity contribution in [3.05, 3.63) is 57.6 Å². The summed E-state index contributed by atoms with van der Waals surface area (Å²) in [5, 5.41) is 10.5. The summed E-state index contributed by atoms with van der Waals surface area (Å²) in [5.41, 5.74) is 4.16. The van der Waals surface area contributed by atoms with Crippen LogP contribution in [0.3, 0.4) is 0 Å². The van der Waals surface area contributed by atoms with E-state index < -0.39 is 0 Å². The van der Waals surface area contributed by atoms with Crippen LogP contribution >= 0.6 is 23.2 Å². The first-order chi connectivity index (χ1) is 17.9. The van der Waals surface area contributed by atoms with E-state index in [2.05, 4.69) is 44.9 Å². The Kier molecular flexibility index (Phi) is 6.83. The molecule has 37 heavy (non-hydrogen) atoms. The SMILES string of the molecule is CN1CCN(CCCN(c2nc3cc(Cl)c(Cl)cc3[nH]2)C2CCC3(c4cccc(C#N)c4)CC3C2)CC1. The molecule has 1 saturated heterocycles. The van der Waals surface area contributed by atoms with Crippen molar-refractivity contribution < 1.29 is 0 Å². The van der Waals surface area contributed by atoms with Crippen molar-refractivity contribution in [2.24, 2.45) is 5.92 Å². The number of nitrogens with one attached hydrogen (secondary N) is 1. The molecule has 2 heterocycles. The number of halogens is 2. The van der Waals surface area contributed by atoms with E-state index in [4.69, 9.17) is 28.2 Å². The van der Waals surface area contributed by atoms with Crippen LogP contribution < -0.4 is 4.90 Å². The van der Waals surface area contributed by atoms with Gasteiger partial charge in [0.15, 0.2) is 0 Å². The van der Waals surface area contributed by atoms with Crippen molar-refractivity contribution in [1.29, 1.82) is 5.26 Å². The van der Waals surface area contributed by atoms with Crippen LogP contribution in [0, 0.1) is 17.2 Å². The van der Waals surface area contributed by atoms with Crippen molar-refractivity contribution in [3.63, 3.8) is 0 Å². The average Bonchev–Trinajstić information content (AvgIpc) is 3.53. The molecule has 3 fully saturated rings. The number of nitriles is 1. The number of fused-ring (bicyclic) bond motifs is 2. The van der Waals surface area contributed by atoms with Crippen molar-refractivity contribution in [1.82, 2.24) is 19.8 Å². The lowest BCUT2D eigenvalue weighted by atomic mass is 9.80. The van der Waals surface area contributed by atoms with Gasteiger partial charge >= 0.3 is 0 Å². The largest absolute Gasteiger partial charge is 0.339 e. The van der Waals surface area contributed by atoms with Gasteiger partial charge in [-0.2, -0.15) is 5.26 Å². The zero-order valence-electron chi connectivity index (χ0n) is 21.4. The molecule has 3 aromatic rings. The molecule has 1 N–H and O–H groups in total. The number of piperazine rings is 1. The Bertz CT molecular complexity index is 1280. The summed E-state index contributed by atoms with van der Waals surface area (Å²) < 4.78 is 0. The van der Waals surface area contributed by atoms with Crippen LogP contribution in [0.1, 0.15) is 43.2 Å². The summed E-state index contributed by atoms with van der Waals surface area (Å²) in [7, 11) is 2.21. The molecule has 2 aliphatic carbocycles. The molecule has 1 aromatic heterocycles. The van der Waals surface area contributed by atoms with Crippen LogP contribution in [0.5, 0.6) is 0 Å². The fraction of sp³-hybridized carbons (Fsp3) is 0.517. The fourth-order valence-corrected chi connectivity index (χ4v) is 6.99. The first-order valence-corrected chi connectivity index (χ1v) is 14.2. The lowest BCUT2D eigenvalue weighted by Gasteiger charge is -2.38. The number of H-pyrrole nitrogens is 1. The molecule has 3 aliphatic rings. The Morgan fingerprint density at radius 2 is 1.97 bits per heavy atom. The Balaban J connectivity index is 1.20. The molecule has 6 nitrogen and oxygen atoms in total. The number of aromatic nitrogens is 2. The first-order valence-electron chi connectivity index (χ1n) is 13.5. The zero-order valence-corrected chi connectivity index (χ0v) is 22.9. The van der Waals surface area contributed by atoms with Gasteiger partial charge in [-0.3, -0.25) is 0 Å². The van der Waals surface area contributed by atoms with Gasteiger partial charge in [-0.15, -0.1) is 0 Å². The molecule has 2 aromatic carbocycles. The van der Waals surface area contributed by atoms with Crippen LogP contribution in [0.4, 0.5) is 5.95 Å². The van der Waals surface area contributed by atoms with Crippen LogP contribution in [0.15, 0.2) is 36.4 Å². The number of hydrogen-bond donors (Lipinski definition) is 1. The van der Waals surface area contributed by atoms with Gasteiger partial charge in [0.1, 0.15) is 0 Å². The lowest BCUT2D eigenvalue weighted by molar-refractivity contribution is 0.153. The van der Waals surface area contributed by atoms with Crippen LogP contribution in [-0.4, -0.2) is 72.1 Å². The summed E-state index contributed by atoms with van der Waals surface area (Å²) in [6.45, 7) is 6.68. The van der Waals surface area contributed by atoms with Crippen molar-refractivity contribution >= 4 is 40.2 Å². The van der Waals surface area contributed by atoms with Crippen LogP contribution in [-0.2, 0) is 5.41 Å². The second kappa shape index (κ2) is 10.1. The molecular weight excluding hydrogens is 503 g/mol. The Labute approximate surface area is 229 Å². The summed E-state index contributed by atoms with van der Waals surface area (Å²) in [4.78, 5) is 16.0. The van der Waals surface area contributed by atoms with Crippen molar-refractivity contribution in [2.45, 2.75) is 43.6 Å². The van der Waals surface area contributed by atoms with Gasteiger partial charge in [0, 0.05) is 38.8 Å². The number of benzene rings is 2. The highest BCUT2D eigenvalue weighted by atomic mass is 35.5. The highest BCUT2D eigenvalue weighted by Crippen LogP contribution is 2.63. The molecule has 2 saturated carbocycles. The number of anilines is 1. The van der Waals surface area contributed by atoms with Crippen molar-refractivity contribution in [3.8, 4) is 6.07 Å². The minimum absolute atomic E-state index is 0.254. The lowest BCUT2D eigenvalue weighted by Crippen LogP contribution is -2.46. The summed E-state index contributed by atoms with van der Waals surface area (Å²) in [5.74, 6) is 1.59. The van der Waals surface area contributed by atoms with E-state index in [9.17, 15) is 5.26 Å². The predicted octanol–water partition coefficient (Wildman–Crippen LogP) is 5.70. The van der Waals surface area contributed by atoms with E-state index in [1.807, 2.05) is 24.3 Å². The average molecular weight is 538 g/mol. The molecule has 0 spiro atoms. The molecule has 0 radical (unpaired) electrons. The van der Waals surface area contributed by atoms with Crippen LogP contribution in [0.25, 0.3) is 11.0 Å². The number of nitrogens with zero attached hydrogens (tertiary/aromatic N) is 5. The van der Waals surface area contributed by atoms with Gasteiger partial charge in [-0.1, -0.05) is 35.3 Å². The van der Waals surface area contributed by atoms with Gasteiger partial charge in [0.05, 0.1) is 32.7 Å². The number of aromatic amines is 1. The topological polar surface area (TPSA) is 62.2 Å². The molecule has 6 rings (SSSR count). The monoisotopic (exact) mass is 536 g/mol. The van der Waals surface area contributed by atoms with E-state index >= 15 is 0 Å². The molecule has 194 valence electrons. The quantitative estimate of drug-likeness (QED) is 0.419. The molecule has 3 atom stereocenters. The second-order valence-electron chi connectivity index (χ2n) is 11.2. The van der Waals surface area contributed by atoms with E-state index in [0.717, 1.165) is 87.5 Å². The van der Waals surface area contributed by atoms with Gasteiger partial charge in [0.25, 0.3) is 0 Å². The third-order valence-electron chi connectivity index (χ3n) is 8.97. The number of imidazole rings is 1. The van der Waals surface area contributed by atoms with E-state index in [1.54, 1.807) is 0 Å². The summed E-state index contributed by atoms with van der Waals surface area (Å²) in [6, 6.07) is 14.8. The maximum absolute atomic E-state index is 9.39. The minimum atomic E-state index is 0.254. The van der Waals surface area contributed by atoms with Gasteiger partial charge in [0.2, 0.25) is 5.95 Å². The maximum Gasteiger partial charge on any atom is 0.204 e. The Hall–Kier alpha value is -2.30. The summed E-state index contributed by atoms with van der Waals surface area (Å²) in [6.07, 6.45) is 5.77. The number of likely N-dealkylation sites (N-methyl/N-ethyl adjacent to an activating group) is 1. The minimum Gasteiger partial charge on any atom is -0.339 e. The van der Waals surface area contributed by atoms with E-state index in [1.165, 1.54) is 12.0 Å². The smallest absolute Gasteiger partial charge is 0.204 e. The number of hydrogen-bond acceptors (Lipinski definition) is 5. The van der Waals surface area contributed by atoms with E-state index in [0.29, 0.717) is 22.0 Å². The zero-order chi connectivity index (χ0) is 25.6. The Morgan fingerprint density at radius 1 is 1.16 bits per heavy atom. The molecule has 8 heteroatoms. The van der Waals surface area contributed by atoms with Gasteiger partial charge < -0.3 is 19.7 Å². The molecule has 0 amide bonds. The number of rotatable bonds is 7. The molecule has 3 unspecified atom stereocenters. The molecular formula is C29H34Cl2N6. The van der Waals surface area contributed by atoms with Gasteiger partial charge in [-0.25, -0.2) is 4.98 Å². The third-order valence-corrected chi connectivity index (χ3v) is 9.69. The van der Waals surface area contributed by atoms with Crippen LogP contribution in [0.2, 0.25) is 10.0 Å². The first kappa shape index (κ1) is 25.0. The fourth-order valence-electron chi connectivity index (χ4n) is 6.67. The highest BCUT2D eigenvalue weighted by Gasteiger charge is 2.58. The molecule has 1 aliphatic heterocycles. The van der Waals surface area contributed by atoms with Gasteiger partial charge in [-0.05, 0) is 86.9 Å². The second-order valence-corrected chi connectivity index (χ2v) is 12.0. The predicted molar refractivity (Wildman–Crippen MR) is 151 cm³/mol. The third kappa shape index (κ3) is 4.95. The standard InChI is InChI=1S/C29H34Cl2N6/c1-35-10-12-36(13-11-35)8-3-9-37(28-33-26-16-24(30)25(31)17-27(26)34-28)23-6-7-29(18-22(29)15-23)21-5-2-4-20(14-21)19-32/h2,4-5,14,16-17,22-23H,3,6-13,15,18H2,1H3,(H,33,34). The maximum atomic E-state index is 9.39. The Morgan fingerprint density at radius 3 is 2.76 bits per heavy atom. The highest BCUT2D eigenvalue weighted by molar-refractivity contribution is 6.42. The molecule has 0 bridgehead atoms. The van der Waals surface area contributed by atoms with Crippen molar-refractivity contribution in [2.75, 3.05) is 51.2 Å². The normalized spacial score (nSPS) is 26.1. The van der Waals surface area contributed by atoms with E-state index in [-0.39, 0.29) is 5.41 Å².